The van der Waals surface area contributed by atoms with E-state index in [2.05, 4.69) is 4.98 Å². The molecule has 6 rings (SSSR count). The van der Waals surface area contributed by atoms with E-state index in [0.717, 1.165) is 41.5 Å². The molecule has 2 aromatic rings. The molecule has 2 aliphatic heterocycles. The van der Waals surface area contributed by atoms with E-state index < -0.39 is 138 Å². The molecule has 334 valence electrons. The summed E-state index contributed by atoms with van der Waals surface area (Å²) in [4.78, 5) is 114. The largest absolute Gasteiger partial charge is 0.465 e. The molecule has 4 bridgehead atoms. The zero-order chi connectivity index (χ0) is 45.7. The van der Waals surface area contributed by atoms with Gasteiger partial charge < -0.3 is 47.7 Å². The van der Waals surface area contributed by atoms with Crippen LogP contribution in [0.3, 0.4) is 0 Å². The number of aliphatic hydroxyl groups is 1. The van der Waals surface area contributed by atoms with Crippen molar-refractivity contribution >= 4 is 47.8 Å². The van der Waals surface area contributed by atoms with E-state index in [-0.39, 0.29) is 16.8 Å². The lowest BCUT2D eigenvalue weighted by molar-refractivity contribution is -0.386. The zero-order valence-electron chi connectivity index (χ0n) is 35.6. The van der Waals surface area contributed by atoms with Crippen molar-refractivity contribution in [2.45, 2.75) is 122 Å². The van der Waals surface area contributed by atoms with Crippen LogP contribution in [0.15, 0.2) is 48.7 Å². The molecule has 3 fully saturated rings. The highest BCUT2D eigenvalue weighted by Gasteiger charge is 2.92. The van der Waals surface area contributed by atoms with Crippen LogP contribution in [0.2, 0.25) is 0 Å². The number of hydrogen-bond donors (Lipinski definition) is 1. The minimum Gasteiger partial charge on any atom is -0.465 e. The third kappa shape index (κ3) is 7.43. The Morgan fingerprint density at radius 3 is 1.90 bits per heavy atom. The molecule has 62 heavy (non-hydrogen) atoms. The third-order valence-electron chi connectivity index (χ3n) is 12.4. The number of benzene rings is 1. The molecule has 1 aromatic carbocycles. The van der Waals surface area contributed by atoms with Gasteiger partial charge in [-0.1, -0.05) is 32.0 Å². The summed E-state index contributed by atoms with van der Waals surface area (Å²) in [7, 11) is 0. The first-order chi connectivity index (χ1) is 29.0. The van der Waals surface area contributed by atoms with E-state index in [9.17, 15) is 43.5 Å². The van der Waals surface area contributed by atoms with Gasteiger partial charge in [-0.05, 0) is 38.1 Å². The standard InChI is InChI=1S/C43H49NO18/c1-20-21(2)37(50)61-34-32(57-24(5)47)36(59-26(7)49)42(19-54-22(3)45)35(58-25(6)48)31(56-23(4)46)29-33(60-38(51)27-14-11-10-12-15-27)43(42,41(34,9)53)62-40(29,8)18-55-39(52)28-16-13-17-44-30(20)28/h10-17,20-21,29,31-36,53H,18-19H2,1-9H3/t20?,21?,29?,31?,32-,33+,34?,35+,36-,40-,41?,42+,43-/m0/s1. The lowest BCUT2D eigenvalue weighted by atomic mass is 9.45. The van der Waals surface area contributed by atoms with Crippen molar-refractivity contribution in [1.29, 1.82) is 0 Å². The molecule has 0 radical (unpaired) electrons. The Morgan fingerprint density at radius 1 is 0.742 bits per heavy atom. The Labute approximate surface area is 355 Å². The highest BCUT2D eigenvalue weighted by atomic mass is 16.7. The van der Waals surface area contributed by atoms with Gasteiger partial charge in [-0.2, -0.15) is 0 Å². The van der Waals surface area contributed by atoms with Crippen molar-refractivity contribution in [3.63, 3.8) is 0 Å². The summed E-state index contributed by atoms with van der Waals surface area (Å²) in [5, 5.41) is 13.7. The van der Waals surface area contributed by atoms with Crippen LogP contribution in [0.4, 0.5) is 0 Å². The first-order valence-electron chi connectivity index (χ1n) is 19.9. The van der Waals surface area contributed by atoms with Crippen LogP contribution < -0.4 is 0 Å². The number of ether oxygens (including phenoxy) is 9. The molecule has 4 aliphatic rings. The third-order valence-corrected chi connectivity index (χ3v) is 12.4. The molecule has 1 aromatic heterocycles. The molecule has 2 saturated carbocycles. The number of pyridine rings is 1. The predicted octanol–water partition coefficient (Wildman–Crippen LogP) is 2.33. The van der Waals surface area contributed by atoms with Crippen LogP contribution in [-0.4, -0.2) is 124 Å². The quantitative estimate of drug-likeness (QED) is 0.295. The normalized spacial score (nSPS) is 36.0. The van der Waals surface area contributed by atoms with Gasteiger partial charge in [0.25, 0.3) is 0 Å². The first-order valence-corrected chi connectivity index (χ1v) is 19.9. The summed E-state index contributed by atoms with van der Waals surface area (Å²) in [5.74, 6) is -11.9. The summed E-state index contributed by atoms with van der Waals surface area (Å²) in [6.45, 7) is 8.64. The molecule has 13 atom stereocenters. The molecule has 1 spiro atoms. The van der Waals surface area contributed by atoms with Crippen LogP contribution in [0.25, 0.3) is 0 Å². The average molecular weight is 868 g/mol. The Balaban J connectivity index is 1.81. The fraction of sp³-hybridized carbons (Fsp3) is 0.558. The minimum absolute atomic E-state index is 0.0290. The van der Waals surface area contributed by atoms with Crippen molar-refractivity contribution in [2.75, 3.05) is 13.2 Å². The smallest absolute Gasteiger partial charge is 0.340 e. The molecule has 19 nitrogen and oxygen atoms in total. The topological polar surface area (TPSA) is 253 Å². The van der Waals surface area contributed by atoms with E-state index in [1.807, 2.05) is 0 Å². The van der Waals surface area contributed by atoms with E-state index in [4.69, 9.17) is 42.6 Å². The molecule has 3 heterocycles. The fourth-order valence-electron chi connectivity index (χ4n) is 9.83. The van der Waals surface area contributed by atoms with Crippen molar-refractivity contribution in [1.82, 2.24) is 4.98 Å². The zero-order valence-corrected chi connectivity index (χ0v) is 35.6. The van der Waals surface area contributed by atoms with Crippen LogP contribution in [0.5, 0.6) is 0 Å². The van der Waals surface area contributed by atoms with Gasteiger partial charge >= 0.3 is 47.8 Å². The van der Waals surface area contributed by atoms with E-state index in [1.165, 1.54) is 56.4 Å². The summed E-state index contributed by atoms with van der Waals surface area (Å²) >= 11 is 0. The summed E-state index contributed by atoms with van der Waals surface area (Å²) in [6, 6.07) is 10.4. The Morgan fingerprint density at radius 2 is 1.32 bits per heavy atom. The minimum atomic E-state index is -2.87. The number of aromatic nitrogens is 1. The van der Waals surface area contributed by atoms with E-state index >= 15 is 0 Å². The molecule has 2 aliphatic carbocycles. The fourth-order valence-corrected chi connectivity index (χ4v) is 9.83. The Hall–Kier alpha value is -5.95. The highest BCUT2D eigenvalue weighted by Crippen LogP contribution is 2.70. The lowest BCUT2D eigenvalue weighted by Gasteiger charge is -2.67. The van der Waals surface area contributed by atoms with E-state index in [1.54, 1.807) is 13.0 Å². The van der Waals surface area contributed by atoms with Crippen LogP contribution >= 0.6 is 0 Å². The highest BCUT2D eigenvalue weighted by molar-refractivity contribution is 5.91. The van der Waals surface area contributed by atoms with Crippen LogP contribution in [0.1, 0.15) is 94.6 Å². The number of carbonyl (C=O) groups is 8. The van der Waals surface area contributed by atoms with Crippen molar-refractivity contribution in [3.8, 4) is 0 Å². The second-order valence-corrected chi connectivity index (χ2v) is 16.5. The summed E-state index contributed by atoms with van der Waals surface area (Å²) in [6.07, 6.45) is -10.8. The van der Waals surface area contributed by atoms with Gasteiger partial charge in [0.05, 0.1) is 28.7 Å². The van der Waals surface area contributed by atoms with Crippen molar-refractivity contribution < 1.29 is 86.1 Å². The molecular formula is C43H49NO18. The maximum absolute atomic E-state index is 14.5. The molecule has 1 saturated heterocycles. The molecule has 0 amide bonds. The second-order valence-electron chi connectivity index (χ2n) is 16.5. The van der Waals surface area contributed by atoms with Gasteiger partial charge in [0.1, 0.15) is 42.0 Å². The van der Waals surface area contributed by atoms with Gasteiger partial charge in [0.15, 0.2) is 30.0 Å². The number of fused-ring (bicyclic) bond motifs is 5. The second kappa shape index (κ2) is 16.7. The molecule has 1 N–H and O–H groups in total. The van der Waals surface area contributed by atoms with Crippen molar-refractivity contribution in [3.05, 3.63) is 65.5 Å². The number of cyclic esters (lactones) is 1. The number of esters is 8. The predicted molar refractivity (Wildman–Crippen MR) is 205 cm³/mol. The van der Waals surface area contributed by atoms with Gasteiger partial charge in [-0.15, -0.1) is 0 Å². The lowest BCUT2D eigenvalue weighted by Crippen LogP contribution is -2.89. The maximum Gasteiger partial charge on any atom is 0.340 e. The summed E-state index contributed by atoms with van der Waals surface area (Å²) < 4.78 is 55.4. The Kier molecular flexibility index (Phi) is 12.3. The number of rotatable bonds is 8. The number of hydrogen-bond acceptors (Lipinski definition) is 19. The maximum atomic E-state index is 14.5. The van der Waals surface area contributed by atoms with Crippen molar-refractivity contribution in [2.24, 2.45) is 17.3 Å². The van der Waals surface area contributed by atoms with Gasteiger partial charge in [-0.25, -0.2) is 9.59 Å². The molecule has 6 unspecified atom stereocenters. The first kappa shape index (κ1) is 45.6. The van der Waals surface area contributed by atoms with Gasteiger partial charge in [0, 0.05) is 46.7 Å². The van der Waals surface area contributed by atoms with Crippen LogP contribution in [-0.2, 0) is 71.4 Å². The Bertz CT molecular complexity index is 2160. The summed E-state index contributed by atoms with van der Waals surface area (Å²) in [5.41, 5.74) is -10.4. The monoisotopic (exact) mass is 867 g/mol. The molecule has 19 heteroatoms. The van der Waals surface area contributed by atoms with Crippen LogP contribution in [0, 0.1) is 17.3 Å². The van der Waals surface area contributed by atoms with Gasteiger partial charge in [-0.3, -0.25) is 33.8 Å². The average Bonchev–Trinajstić information content (AvgIpc) is 3.42. The molecular weight excluding hydrogens is 818 g/mol. The number of nitrogens with zero attached hydrogens (tertiary/aromatic N) is 1. The van der Waals surface area contributed by atoms with E-state index in [0.29, 0.717) is 0 Å². The van der Waals surface area contributed by atoms with Gasteiger partial charge in [0.2, 0.25) is 0 Å². The number of carbonyl (C=O) groups excluding carboxylic acids is 8. The SMILES string of the molecule is CC(=O)OC[C@]12[C@H](OC(C)=O)C(OC(C)=O)C3[C@@H](OC(=O)c4ccccc4)[C@@]14O[C@@]3(C)COC(=O)c1cccnc1C(C)C(C)C(=O)OC([C@H](OC(C)=O)[C@@H]2OC(C)=O)C4(C)O.